The van der Waals surface area contributed by atoms with Gasteiger partial charge in [-0.1, -0.05) is 78.9 Å². The molecule has 1 amide bonds. The molecule has 31 heavy (non-hydrogen) atoms. The zero-order valence-corrected chi connectivity index (χ0v) is 17.6. The predicted octanol–water partition coefficient (Wildman–Crippen LogP) is 4.36. The number of aliphatic hydroxyl groups is 1. The second-order valence-corrected chi connectivity index (χ2v) is 7.40. The number of benzene rings is 3. The van der Waals surface area contributed by atoms with Crippen LogP contribution >= 0.6 is 0 Å². The van der Waals surface area contributed by atoms with E-state index < -0.39 is 11.5 Å². The normalized spacial score (nSPS) is 11.8. The molecule has 1 heterocycles. The van der Waals surface area contributed by atoms with Crippen molar-refractivity contribution < 1.29 is 9.90 Å². The van der Waals surface area contributed by atoms with E-state index in [4.69, 9.17) is 0 Å². The first-order valence-corrected chi connectivity index (χ1v) is 10.3. The van der Waals surface area contributed by atoms with Gasteiger partial charge in [-0.2, -0.15) is 5.10 Å². The molecule has 3 aromatic carbocycles. The maximum atomic E-state index is 13.2. The zero-order valence-electron chi connectivity index (χ0n) is 17.6. The second-order valence-electron chi connectivity index (χ2n) is 7.40. The molecular formula is C26H25N3O2. The Kier molecular flexibility index (Phi) is 5.69. The van der Waals surface area contributed by atoms with Crippen LogP contribution in [0.5, 0.6) is 0 Å². The first-order chi connectivity index (χ1) is 15.1. The number of hydrogen-bond acceptors (Lipinski definition) is 3. The Morgan fingerprint density at radius 3 is 2.10 bits per heavy atom. The summed E-state index contributed by atoms with van der Waals surface area (Å²) < 4.78 is 2.21. The lowest BCUT2D eigenvalue weighted by atomic mass is 9.85. The smallest absolute Gasteiger partial charge is 0.281 e. The number of para-hydroxylation sites is 1. The molecule has 5 heteroatoms. The molecule has 0 aliphatic rings. The summed E-state index contributed by atoms with van der Waals surface area (Å²) in [5, 5.41) is 16.8. The molecule has 2 N–H and O–H groups in total. The summed E-state index contributed by atoms with van der Waals surface area (Å²) in [7, 11) is 0. The lowest BCUT2D eigenvalue weighted by molar-refractivity contribution is -0.136. The molecule has 0 aliphatic heterocycles. The number of amides is 1. The van der Waals surface area contributed by atoms with Gasteiger partial charge in [0.05, 0.1) is 6.21 Å². The van der Waals surface area contributed by atoms with Crippen molar-refractivity contribution in [3.8, 4) is 0 Å². The average molecular weight is 412 g/mol. The van der Waals surface area contributed by atoms with Crippen molar-refractivity contribution in [3.63, 3.8) is 0 Å². The van der Waals surface area contributed by atoms with E-state index in [1.54, 1.807) is 54.7 Å². The molecule has 1 aromatic heterocycles. The summed E-state index contributed by atoms with van der Waals surface area (Å²) in [4.78, 5) is 13.2. The van der Waals surface area contributed by atoms with Gasteiger partial charge in [0.1, 0.15) is 0 Å². The molecule has 0 spiro atoms. The minimum absolute atomic E-state index is 0.479. The summed E-state index contributed by atoms with van der Waals surface area (Å²) in [5.41, 5.74) is 4.81. The van der Waals surface area contributed by atoms with Crippen molar-refractivity contribution in [3.05, 3.63) is 107 Å². The van der Waals surface area contributed by atoms with E-state index in [1.165, 1.54) is 0 Å². The topological polar surface area (TPSA) is 66.6 Å². The fraction of sp³-hybridized carbons (Fsp3) is 0.154. The van der Waals surface area contributed by atoms with Gasteiger partial charge in [0.25, 0.3) is 5.91 Å². The van der Waals surface area contributed by atoms with Crippen LogP contribution < -0.4 is 5.43 Å². The molecular weight excluding hydrogens is 386 g/mol. The SMILES string of the molecule is CCn1c(C)c(C=NNC(=O)C(O)(c2ccccc2)c2ccccc2)c2ccccc21. The maximum Gasteiger partial charge on any atom is 0.281 e. The first-order valence-electron chi connectivity index (χ1n) is 10.3. The van der Waals surface area contributed by atoms with Crippen LogP contribution in [-0.4, -0.2) is 21.8 Å². The Morgan fingerprint density at radius 2 is 1.52 bits per heavy atom. The van der Waals surface area contributed by atoms with E-state index in [0.717, 1.165) is 28.7 Å². The Balaban J connectivity index is 1.68. The maximum absolute atomic E-state index is 13.2. The summed E-state index contributed by atoms with van der Waals surface area (Å²) in [6.07, 6.45) is 1.65. The number of carbonyl (C=O) groups excluding carboxylic acids is 1. The van der Waals surface area contributed by atoms with Crippen molar-refractivity contribution >= 4 is 23.0 Å². The molecule has 0 saturated carbocycles. The number of hydrogen-bond donors (Lipinski definition) is 2. The number of carbonyl (C=O) groups is 1. The van der Waals surface area contributed by atoms with Crippen molar-refractivity contribution in [1.29, 1.82) is 0 Å². The number of nitrogens with zero attached hydrogens (tertiary/aromatic N) is 2. The molecule has 0 radical (unpaired) electrons. The van der Waals surface area contributed by atoms with E-state index >= 15 is 0 Å². The Hall–Kier alpha value is -3.70. The lowest BCUT2D eigenvalue weighted by Gasteiger charge is -2.27. The van der Waals surface area contributed by atoms with Crippen LogP contribution in [0.2, 0.25) is 0 Å². The van der Waals surface area contributed by atoms with Crippen LogP contribution in [0, 0.1) is 6.92 Å². The molecule has 0 unspecified atom stereocenters. The van der Waals surface area contributed by atoms with E-state index in [9.17, 15) is 9.90 Å². The Morgan fingerprint density at radius 1 is 0.968 bits per heavy atom. The number of aryl methyl sites for hydroxylation is 1. The molecule has 0 saturated heterocycles. The Bertz CT molecular complexity index is 1190. The average Bonchev–Trinajstić information content (AvgIpc) is 3.10. The van der Waals surface area contributed by atoms with E-state index in [-0.39, 0.29) is 0 Å². The van der Waals surface area contributed by atoms with Crippen molar-refractivity contribution in [1.82, 2.24) is 9.99 Å². The van der Waals surface area contributed by atoms with Crippen molar-refractivity contribution in [2.45, 2.75) is 26.0 Å². The highest BCUT2D eigenvalue weighted by Gasteiger charge is 2.39. The van der Waals surface area contributed by atoms with Gasteiger partial charge in [-0.3, -0.25) is 4.79 Å². The number of aromatic nitrogens is 1. The third kappa shape index (κ3) is 3.64. The molecule has 4 aromatic rings. The zero-order chi connectivity index (χ0) is 21.8. The highest BCUT2D eigenvalue weighted by atomic mass is 16.3. The summed E-state index contributed by atoms with van der Waals surface area (Å²) in [6.45, 7) is 4.98. The van der Waals surface area contributed by atoms with Crippen LogP contribution in [-0.2, 0) is 16.9 Å². The number of hydrazone groups is 1. The van der Waals surface area contributed by atoms with Gasteiger partial charge in [-0.25, -0.2) is 5.43 Å². The lowest BCUT2D eigenvalue weighted by Crippen LogP contribution is -2.43. The molecule has 0 bridgehead atoms. The number of nitrogens with one attached hydrogen (secondary N) is 1. The van der Waals surface area contributed by atoms with Gasteiger partial charge in [-0.05, 0) is 31.0 Å². The van der Waals surface area contributed by atoms with E-state index in [1.807, 2.05) is 37.3 Å². The molecule has 0 aliphatic carbocycles. The van der Waals surface area contributed by atoms with Gasteiger partial charge in [0.15, 0.2) is 5.60 Å². The van der Waals surface area contributed by atoms with Crippen LogP contribution in [0.15, 0.2) is 90.0 Å². The van der Waals surface area contributed by atoms with Crippen molar-refractivity contribution in [2.24, 2.45) is 5.10 Å². The largest absolute Gasteiger partial charge is 0.372 e. The third-order valence-electron chi connectivity index (χ3n) is 5.67. The number of fused-ring (bicyclic) bond motifs is 1. The molecule has 0 fully saturated rings. The van der Waals surface area contributed by atoms with Gasteiger partial charge >= 0.3 is 0 Å². The summed E-state index contributed by atoms with van der Waals surface area (Å²) >= 11 is 0. The van der Waals surface area contributed by atoms with Gasteiger partial charge in [0.2, 0.25) is 0 Å². The van der Waals surface area contributed by atoms with Crippen LogP contribution in [0.25, 0.3) is 10.9 Å². The fourth-order valence-corrected chi connectivity index (χ4v) is 4.05. The minimum Gasteiger partial charge on any atom is -0.372 e. The van der Waals surface area contributed by atoms with Gasteiger partial charge in [-0.15, -0.1) is 0 Å². The van der Waals surface area contributed by atoms with Crippen LogP contribution in [0.4, 0.5) is 0 Å². The third-order valence-corrected chi connectivity index (χ3v) is 5.67. The highest BCUT2D eigenvalue weighted by molar-refractivity contribution is 6.01. The van der Waals surface area contributed by atoms with Gasteiger partial charge in [0, 0.05) is 28.7 Å². The molecule has 156 valence electrons. The standard InChI is InChI=1S/C26H25N3O2/c1-3-29-19(2)23(22-16-10-11-17-24(22)29)18-27-28-25(30)26(31,20-12-6-4-7-13-20)21-14-8-5-9-15-21/h4-18,31H,3H2,1-2H3,(H,28,30). The molecule has 5 nitrogen and oxygen atoms in total. The summed E-state index contributed by atoms with van der Waals surface area (Å²) in [6, 6.07) is 25.9. The Labute approximate surface area is 181 Å². The van der Waals surface area contributed by atoms with Crippen LogP contribution in [0.3, 0.4) is 0 Å². The number of rotatable bonds is 6. The van der Waals surface area contributed by atoms with E-state index in [0.29, 0.717) is 11.1 Å². The van der Waals surface area contributed by atoms with Crippen LogP contribution in [0.1, 0.15) is 29.3 Å². The highest BCUT2D eigenvalue weighted by Crippen LogP contribution is 2.30. The minimum atomic E-state index is -1.85. The monoisotopic (exact) mass is 411 g/mol. The molecule has 4 rings (SSSR count). The predicted molar refractivity (Wildman–Crippen MR) is 124 cm³/mol. The van der Waals surface area contributed by atoms with Gasteiger partial charge < -0.3 is 9.67 Å². The van der Waals surface area contributed by atoms with Crippen molar-refractivity contribution in [2.75, 3.05) is 0 Å². The quantitative estimate of drug-likeness (QED) is 0.366. The first kappa shape index (κ1) is 20.6. The molecule has 0 atom stereocenters. The second kappa shape index (κ2) is 8.58. The summed E-state index contributed by atoms with van der Waals surface area (Å²) in [5.74, 6) is -0.613. The van der Waals surface area contributed by atoms with E-state index in [2.05, 4.69) is 28.1 Å². The fourth-order valence-electron chi connectivity index (χ4n) is 4.05.